The highest BCUT2D eigenvalue weighted by Crippen LogP contribution is 2.41. The Hall–Kier alpha value is -2.35. The number of nitrogens with two attached hydrogens (primary N) is 1. The fraction of sp³-hybridized carbons (Fsp3) is 0.391. The van der Waals surface area contributed by atoms with E-state index in [1.807, 2.05) is 6.07 Å². The van der Waals surface area contributed by atoms with Crippen LogP contribution in [0.5, 0.6) is 0 Å². The molecule has 1 saturated carbocycles. The molecular formula is C23H28N5OS+. The fourth-order valence-corrected chi connectivity index (χ4v) is 4.82. The lowest BCUT2D eigenvalue weighted by Gasteiger charge is -2.14. The van der Waals surface area contributed by atoms with Crippen LogP contribution in [0.15, 0.2) is 59.8 Å². The molecule has 0 amide bonds. The Morgan fingerprint density at radius 1 is 1.07 bits per heavy atom. The second-order valence-corrected chi connectivity index (χ2v) is 9.22. The number of quaternary nitrogens is 1. The first-order valence-corrected chi connectivity index (χ1v) is 11.6. The molecule has 5 rings (SSSR count). The van der Waals surface area contributed by atoms with Gasteiger partial charge in [-0.05, 0) is 49.2 Å². The molecular weight excluding hydrogens is 394 g/mol. The van der Waals surface area contributed by atoms with Crippen molar-refractivity contribution in [3.8, 4) is 5.69 Å². The Kier molecular flexibility index (Phi) is 5.50. The number of hydrogen-bond acceptors (Lipinski definition) is 5. The van der Waals surface area contributed by atoms with Crippen LogP contribution in [0.1, 0.15) is 36.4 Å². The number of anilines is 1. The van der Waals surface area contributed by atoms with Crippen molar-refractivity contribution in [2.75, 3.05) is 31.3 Å². The van der Waals surface area contributed by atoms with E-state index in [4.69, 9.17) is 4.74 Å². The summed E-state index contributed by atoms with van der Waals surface area (Å²) in [5, 5.41) is 12.3. The third-order valence-electron chi connectivity index (χ3n) is 5.70. The number of rotatable bonds is 7. The highest BCUT2D eigenvalue weighted by Gasteiger charge is 2.33. The van der Waals surface area contributed by atoms with Gasteiger partial charge in [-0.25, -0.2) is 0 Å². The van der Waals surface area contributed by atoms with Gasteiger partial charge < -0.3 is 15.0 Å². The summed E-state index contributed by atoms with van der Waals surface area (Å²) in [6.07, 6.45) is 2.69. The van der Waals surface area contributed by atoms with E-state index in [-0.39, 0.29) is 12.3 Å². The Morgan fingerprint density at radius 3 is 2.53 bits per heavy atom. The first kappa shape index (κ1) is 19.6. The number of ether oxygens (including phenoxy) is 1. The smallest absolute Gasteiger partial charge is 0.217 e. The monoisotopic (exact) mass is 422 g/mol. The van der Waals surface area contributed by atoms with Gasteiger partial charge in [-0.3, -0.25) is 4.57 Å². The summed E-state index contributed by atoms with van der Waals surface area (Å²) in [6.45, 7) is 0.960. The second kappa shape index (κ2) is 8.41. The molecule has 2 heterocycles. The Balaban J connectivity index is 1.25. The summed E-state index contributed by atoms with van der Waals surface area (Å²) in [7, 11) is 4.12. The van der Waals surface area contributed by atoms with Gasteiger partial charge in [-0.1, -0.05) is 30.0 Å². The average Bonchev–Trinajstić information content (AvgIpc) is 3.36. The average molecular weight is 423 g/mol. The van der Waals surface area contributed by atoms with E-state index in [0.717, 1.165) is 29.0 Å². The molecule has 156 valence electrons. The van der Waals surface area contributed by atoms with Crippen LogP contribution in [0.2, 0.25) is 0 Å². The molecule has 0 spiro atoms. The molecule has 1 saturated heterocycles. The second-order valence-electron chi connectivity index (χ2n) is 8.23. The topological polar surface area (TPSA) is 59.8 Å². The maximum absolute atomic E-state index is 6.33. The van der Waals surface area contributed by atoms with Crippen LogP contribution in [0, 0.1) is 0 Å². The van der Waals surface area contributed by atoms with Crippen molar-refractivity contribution in [1.82, 2.24) is 14.8 Å². The highest BCUT2D eigenvalue weighted by molar-refractivity contribution is 7.99. The van der Waals surface area contributed by atoms with Crippen molar-refractivity contribution < 1.29 is 10.1 Å². The predicted molar refractivity (Wildman–Crippen MR) is 119 cm³/mol. The van der Waals surface area contributed by atoms with E-state index in [1.54, 1.807) is 11.8 Å². The molecule has 2 N–H and O–H groups in total. The van der Waals surface area contributed by atoms with Gasteiger partial charge in [-0.15, -0.1) is 10.2 Å². The van der Waals surface area contributed by atoms with Gasteiger partial charge in [0.2, 0.25) is 6.23 Å². The maximum Gasteiger partial charge on any atom is 0.217 e. The highest BCUT2D eigenvalue weighted by atomic mass is 32.2. The molecule has 2 aliphatic rings. The third kappa shape index (κ3) is 4.10. The maximum atomic E-state index is 6.33. The van der Waals surface area contributed by atoms with Crippen LogP contribution in [0.4, 0.5) is 5.69 Å². The molecule has 6 nitrogen and oxygen atoms in total. The molecule has 3 aromatic rings. The molecule has 7 heteroatoms. The largest absolute Gasteiger partial charge is 0.378 e. The van der Waals surface area contributed by atoms with Crippen LogP contribution in [-0.4, -0.2) is 47.3 Å². The SMILES string of the molecule is CN(C)c1ccc([C@H]2[NH2+]C[C@@H](CSc3nnc(C4CC4)n3-c3ccccc3)O2)cc1. The Morgan fingerprint density at radius 2 is 1.83 bits per heavy atom. The zero-order chi connectivity index (χ0) is 20.5. The van der Waals surface area contributed by atoms with Crippen molar-refractivity contribution in [2.45, 2.75) is 36.2 Å². The van der Waals surface area contributed by atoms with E-state index < -0.39 is 0 Å². The molecule has 1 aliphatic heterocycles. The molecule has 1 aliphatic carbocycles. The number of benzene rings is 2. The number of nitrogens with zero attached hydrogens (tertiary/aromatic N) is 4. The quantitative estimate of drug-likeness (QED) is 0.593. The third-order valence-corrected chi connectivity index (χ3v) is 6.76. The number of para-hydroxylation sites is 1. The summed E-state index contributed by atoms with van der Waals surface area (Å²) in [4.78, 5) is 2.11. The minimum absolute atomic E-state index is 0.0702. The summed E-state index contributed by atoms with van der Waals surface area (Å²) < 4.78 is 8.57. The first-order chi connectivity index (χ1) is 14.7. The van der Waals surface area contributed by atoms with Crippen molar-refractivity contribution in [3.63, 3.8) is 0 Å². The zero-order valence-electron chi connectivity index (χ0n) is 17.4. The van der Waals surface area contributed by atoms with Gasteiger partial charge in [-0.2, -0.15) is 0 Å². The van der Waals surface area contributed by atoms with Crippen LogP contribution >= 0.6 is 11.8 Å². The van der Waals surface area contributed by atoms with E-state index in [9.17, 15) is 0 Å². The summed E-state index contributed by atoms with van der Waals surface area (Å²) in [5.74, 6) is 2.53. The number of hydrogen-bond donors (Lipinski definition) is 1. The molecule has 2 atom stereocenters. The lowest BCUT2D eigenvalue weighted by molar-refractivity contribution is -0.697. The normalized spacial score (nSPS) is 21.1. The summed E-state index contributed by atoms with van der Waals surface area (Å²) >= 11 is 1.75. The van der Waals surface area contributed by atoms with E-state index in [1.165, 1.54) is 24.1 Å². The lowest BCUT2D eigenvalue weighted by atomic mass is 10.2. The van der Waals surface area contributed by atoms with E-state index in [2.05, 4.69) is 87.6 Å². The van der Waals surface area contributed by atoms with Gasteiger partial charge in [0.1, 0.15) is 18.5 Å². The standard InChI is InChI=1S/C23H27N5OS/c1-27(2)18-12-10-17(11-13-18)22-24-14-20(29-22)15-30-23-26-25-21(16-8-9-16)28(23)19-6-4-3-5-7-19/h3-7,10-13,16,20,22,24H,8-9,14-15H2,1-2H3/p+1/t20-,22-/m0/s1. The lowest BCUT2D eigenvalue weighted by Crippen LogP contribution is -2.82. The zero-order valence-corrected chi connectivity index (χ0v) is 18.3. The van der Waals surface area contributed by atoms with Crippen LogP contribution in [0.25, 0.3) is 5.69 Å². The minimum Gasteiger partial charge on any atom is -0.378 e. The van der Waals surface area contributed by atoms with Crippen molar-refractivity contribution in [2.24, 2.45) is 0 Å². The molecule has 2 aromatic carbocycles. The first-order valence-electron chi connectivity index (χ1n) is 10.6. The van der Waals surface area contributed by atoms with E-state index >= 15 is 0 Å². The Labute approximate surface area is 181 Å². The van der Waals surface area contributed by atoms with Gasteiger partial charge in [0.25, 0.3) is 0 Å². The number of thioether (sulfide) groups is 1. The van der Waals surface area contributed by atoms with Crippen LogP contribution < -0.4 is 10.2 Å². The van der Waals surface area contributed by atoms with Gasteiger partial charge in [0.05, 0.1) is 0 Å². The molecule has 1 aromatic heterocycles. The molecule has 0 radical (unpaired) electrons. The number of aromatic nitrogens is 3. The van der Waals surface area contributed by atoms with Gasteiger partial charge in [0, 0.05) is 42.7 Å². The molecule has 0 bridgehead atoms. The Bertz CT molecular complexity index is 985. The summed E-state index contributed by atoms with van der Waals surface area (Å²) in [6, 6.07) is 19.1. The van der Waals surface area contributed by atoms with Gasteiger partial charge >= 0.3 is 0 Å². The van der Waals surface area contributed by atoms with Crippen LogP contribution in [0.3, 0.4) is 0 Å². The predicted octanol–water partition coefficient (Wildman–Crippen LogP) is 2.96. The van der Waals surface area contributed by atoms with Crippen molar-refractivity contribution in [3.05, 3.63) is 66.0 Å². The van der Waals surface area contributed by atoms with Gasteiger partial charge in [0.15, 0.2) is 5.16 Å². The van der Waals surface area contributed by atoms with Crippen molar-refractivity contribution >= 4 is 17.4 Å². The molecule has 2 fully saturated rings. The molecule has 0 unspecified atom stereocenters. The summed E-state index contributed by atoms with van der Waals surface area (Å²) in [5.41, 5.74) is 3.57. The van der Waals surface area contributed by atoms with E-state index in [0.29, 0.717) is 5.92 Å². The van der Waals surface area contributed by atoms with Crippen LogP contribution in [-0.2, 0) is 4.74 Å². The fourth-order valence-electron chi connectivity index (χ4n) is 3.85. The minimum atomic E-state index is 0.0702. The molecule has 30 heavy (non-hydrogen) atoms. The van der Waals surface area contributed by atoms with Crippen molar-refractivity contribution in [1.29, 1.82) is 0 Å².